The van der Waals surface area contributed by atoms with Gasteiger partial charge < -0.3 is 15.7 Å². The van der Waals surface area contributed by atoms with Crippen LogP contribution < -0.4 is 10.6 Å². The highest BCUT2D eigenvalue weighted by Crippen LogP contribution is 2.37. The Bertz CT molecular complexity index is 892. The molecule has 2 aromatic rings. The van der Waals surface area contributed by atoms with E-state index in [1.54, 1.807) is 0 Å². The third-order valence-electron chi connectivity index (χ3n) is 6.48. The average Bonchev–Trinajstić information content (AvgIpc) is 2.76. The van der Waals surface area contributed by atoms with Crippen molar-refractivity contribution in [2.24, 2.45) is 0 Å². The molecule has 1 amide bonds. The van der Waals surface area contributed by atoms with Crippen LogP contribution in [-0.2, 0) is 23.2 Å². The van der Waals surface area contributed by atoms with Crippen LogP contribution in [0.5, 0.6) is 0 Å². The Kier molecular flexibility index (Phi) is 8.38. The van der Waals surface area contributed by atoms with Gasteiger partial charge in [0.2, 0.25) is 5.91 Å². The minimum absolute atomic E-state index is 0.134. The molecule has 0 saturated heterocycles. The van der Waals surface area contributed by atoms with Crippen molar-refractivity contribution in [1.82, 2.24) is 10.6 Å². The maximum absolute atomic E-state index is 13.6. The molecule has 0 unspecified atom stereocenters. The van der Waals surface area contributed by atoms with Gasteiger partial charge in [0.1, 0.15) is 11.6 Å². The molecule has 1 saturated carbocycles. The maximum atomic E-state index is 13.6. The fourth-order valence-corrected chi connectivity index (χ4v) is 4.78. The van der Waals surface area contributed by atoms with Crippen molar-refractivity contribution in [2.45, 2.75) is 76.5 Å². The second-order valence-electron chi connectivity index (χ2n) is 8.93. The molecule has 0 radical (unpaired) electrons. The Morgan fingerprint density at radius 2 is 1.75 bits per heavy atom. The largest absolute Gasteiger partial charge is 0.390 e. The predicted molar refractivity (Wildman–Crippen MR) is 122 cm³/mol. The van der Waals surface area contributed by atoms with Crippen molar-refractivity contribution >= 4 is 5.91 Å². The zero-order valence-corrected chi connectivity index (χ0v) is 19.0. The molecule has 0 aromatic heterocycles. The highest BCUT2D eigenvalue weighted by atomic mass is 19.1. The van der Waals surface area contributed by atoms with Gasteiger partial charge in [0, 0.05) is 25.1 Å². The summed E-state index contributed by atoms with van der Waals surface area (Å²) in [6, 6.07) is 11.2. The standard InChI is InChI=1S/C26H34F2N2O2/c1-3-19-8-7-9-21(12-19)26(10-5-4-6-11-26)29-17-25(32)24(30-18(2)31)15-20-13-22(27)16-23(28)14-20/h7-9,12-14,16,24-25,29,32H,3-6,10-11,15,17H2,1-2H3,(H,30,31)/t24-,25+/m0/s1. The first-order chi connectivity index (χ1) is 15.3. The molecule has 2 atom stereocenters. The van der Waals surface area contributed by atoms with E-state index in [1.807, 2.05) is 0 Å². The Morgan fingerprint density at radius 3 is 2.38 bits per heavy atom. The van der Waals surface area contributed by atoms with E-state index in [1.165, 1.54) is 36.6 Å². The molecule has 6 heteroatoms. The van der Waals surface area contributed by atoms with Crippen LogP contribution in [-0.4, -0.2) is 29.7 Å². The van der Waals surface area contributed by atoms with Crippen molar-refractivity contribution in [3.63, 3.8) is 0 Å². The zero-order chi connectivity index (χ0) is 23.1. The number of hydrogen-bond donors (Lipinski definition) is 3. The van der Waals surface area contributed by atoms with Crippen molar-refractivity contribution < 1.29 is 18.7 Å². The van der Waals surface area contributed by atoms with E-state index in [0.29, 0.717) is 5.56 Å². The number of hydrogen-bond acceptors (Lipinski definition) is 3. The number of aryl methyl sites for hydroxylation is 1. The SMILES string of the molecule is CCc1cccc(C2(NC[C@@H](O)[C@H](Cc3cc(F)cc(F)c3)NC(C)=O)CCCCC2)c1. The lowest BCUT2D eigenvalue weighted by Gasteiger charge is -2.40. The first-order valence-corrected chi connectivity index (χ1v) is 11.6. The summed E-state index contributed by atoms with van der Waals surface area (Å²) in [6.07, 6.45) is 5.54. The summed E-state index contributed by atoms with van der Waals surface area (Å²) in [6.45, 7) is 3.77. The van der Waals surface area contributed by atoms with Crippen LogP contribution in [0.4, 0.5) is 8.78 Å². The molecule has 0 aliphatic heterocycles. The Balaban J connectivity index is 1.77. The number of benzene rings is 2. The molecule has 1 aliphatic carbocycles. The molecule has 0 spiro atoms. The second-order valence-corrected chi connectivity index (χ2v) is 8.93. The number of halogens is 2. The molecular weight excluding hydrogens is 410 g/mol. The molecule has 0 heterocycles. The van der Waals surface area contributed by atoms with Gasteiger partial charge in [0.25, 0.3) is 0 Å². The van der Waals surface area contributed by atoms with E-state index >= 15 is 0 Å². The molecule has 2 aromatic carbocycles. The van der Waals surface area contributed by atoms with Gasteiger partial charge in [0.05, 0.1) is 12.1 Å². The summed E-state index contributed by atoms with van der Waals surface area (Å²) in [7, 11) is 0. The van der Waals surface area contributed by atoms with Crippen molar-refractivity contribution in [3.05, 3.63) is 70.8 Å². The van der Waals surface area contributed by atoms with Gasteiger partial charge >= 0.3 is 0 Å². The zero-order valence-electron chi connectivity index (χ0n) is 19.0. The van der Waals surface area contributed by atoms with Crippen LogP contribution in [0.3, 0.4) is 0 Å². The van der Waals surface area contributed by atoms with Gasteiger partial charge in [-0.15, -0.1) is 0 Å². The van der Waals surface area contributed by atoms with Gasteiger partial charge in [-0.05, 0) is 54.5 Å². The number of aliphatic hydroxyl groups excluding tert-OH is 1. The fraction of sp³-hybridized carbons (Fsp3) is 0.500. The summed E-state index contributed by atoms with van der Waals surface area (Å²) in [5.74, 6) is -1.65. The van der Waals surface area contributed by atoms with Crippen molar-refractivity contribution in [2.75, 3.05) is 6.54 Å². The summed E-state index contributed by atoms with van der Waals surface area (Å²) in [5.41, 5.74) is 2.67. The van der Waals surface area contributed by atoms with Gasteiger partial charge in [-0.2, -0.15) is 0 Å². The second kappa shape index (κ2) is 11.0. The predicted octanol–water partition coefficient (Wildman–Crippen LogP) is 4.38. The Hall–Kier alpha value is -2.31. The first kappa shape index (κ1) is 24.3. The Labute approximate surface area is 189 Å². The molecule has 1 fully saturated rings. The van der Waals surface area contributed by atoms with Crippen LogP contribution in [0.1, 0.15) is 62.6 Å². The van der Waals surface area contributed by atoms with Crippen LogP contribution >= 0.6 is 0 Å². The molecule has 174 valence electrons. The summed E-state index contributed by atoms with van der Waals surface area (Å²) in [4.78, 5) is 11.8. The van der Waals surface area contributed by atoms with Crippen LogP contribution in [0.2, 0.25) is 0 Å². The van der Waals surface area contributed by atoms with Crippen molar-refractivity contribution in [3.8, 4) is 0 Å². The summed E-state index contributed by atoms with van der Waals surface area (Å²) in [5, 5.41) is 17.4. The first-order valence-electron chi connectivity index (χ1n) is 11.6. The number of aliphatic hydroxyl groups is 1. The van der Waals surface area contributed by atoms with Crippen molar-refractivity contribution in [1.29, 1.82) is 0 Å². The summed E-state index contributed by atoms with van der Waals surface area (Å²) < 4.78 is 27.3. The average molecular weight is 445 g/mol. The minimum Gasteiger partial charge on any atom is -0.390 e. The minimum atomic E-state index is -0.918. The lowest BCUT2D eigenvalue weighted by atomic mass is 9.76. The number of carbonyl (C=O) groups is 1. The van der Waals surface area contributed by atoms with Gasteiger partial charge in [0.15, 0.2) is 0 Å². The lowest BCUT2D eigenvalue weighted by Crippen LogP contribution is -2.53. The number of rotatable bonds is 9. The number of carbonyl (C=O) groups excluding carboxylic acids is 1. The van der Waals surface area contributed by atoms with Crippen LogP contribution in [0.15, 0.2) is 42.5 Å². The monoisotopic (exact) mass is 444 g/mol. The molecule has 4 nitrogen and oxygen atoms in total. The van der Waals surface area contributed by atoms with E-state index in [-0.39, 0.29) is 24.4 Å². The highest BCUT2D eigenvalue weighted by Gasteiger charge is 2.35. The molecule has 3 rings (SSSR count). The third-order valence-corrected chi connectivity index (χ3v) is 6.48. The lowest BCUT2D eigenvalue weighted by molar-refractivity contribution is -0.120. The van der Waals surface area contributed by atoms with Gasteiger partial charge in [-0.3, -0.25) is 4.79 Å². The maximum Gasteiger partial charge on any atom is 0.217 e. The number of amides is 1. The van der Waals surface area contributed by atoms with Crippen LogP contribution in [0, 0.1) is 11.6 Å². The van der Waals surface area contributed by atoms with Gasteiger partial charge in [-0.25, -0.2) is 8.78 Å². The summed E-state index contributed by atoms with van der Waals surface area (Å²) >= 11 is 0. The normalized spacial score (nSPS) is 17.5. The highest BCUT2D eigenvalue weighted by molar-refractivity contribution is 5.73. The topological polar surface area (TPSA) is 61.4 Å². The van der Waals surface area contributed by atoms with Gasteiger partial charge in [-0.1, -0.05) is 50.5 Å². The molecule has 0 bridgehead atoms. The third kappa shape index (κ3) is 6.36. The Morgan fingerprint density at radius 1 is 1.06 bits per heavy atom. The van der Waals surface area contributed by atoms with E-state index in [4.69, 9.17) is 0 Å². The van der Waals surface area contributed by atoms with E-state index in [9.17, 15) is 18.7 Å². The molecular formula is C26H34F2N2O2. The number of nitrogens with one attached hydrogen (secondary N) is 2. The molecule has 32 heavy (non-hydrogen) atoms. The van der Waals surface area contributed by atoms with E-state index in [0.717, 1.165) is 38.2 Å². The fourth-order valence-electron chi connectivity index (χ4n) is 4.78. The van der Waals surface area contributed by atoms with Crippen LogP contribution in [0.25, 0.3) is 0 Å². The molecule has 1 aliphatic rings. The van der Waals surface area contributed by atoms with E-state index < -0.39 is 23.8 Å². The quantitative estimate of drug-likeness (QED) is 0.538. The molecule has 3 N–H and O–H groups in total. The van der Waals surface area contributed by atoms with E-state index in [2.05, 4.69) is 41.8 Å². The smallest absolute Gasteiger partial charge is 0.217 e.